The average molecular weight is 331 g/mol. The Bertz CT molecular complexity index is 682. The van der Waals surface area contributed by atoms with Gasteiger partial charge in [-0.1, -0.05) is 17.7 Å². The number of halogens is 1. The number of rotatable bonds is 4. The molecule has 1 aliphatic carbocycles. The summed E-state index contributed by atoms with van der Waals surface area (Å²) in [7, 11) is 0. The third kappa shape index (κ3) is 3.47. The van der Waals surface area contributed by atoms with Crippen molar-refractivity contribution in [3.05, 3.63) is 35.5 Å². The first-order valence-electron chi connectivity index (χ1n) is 8.00. The Morgan fingerprint density at radius 3 is 2.61 bits per heavy atom. The maximum absolute atomic E-state index is 6.08. The van der Waals surface area contributed by atoms with Gasteiger partial charge in [0.15, 0.2) is 5.82 Å². The summed E-state index contributed by atoms with van der Waals surface area (Å²) in [6, 6.07) is 8.57. The lowest BCUT2D eigenvalue weighted by atomic mass is 10.2. The summed E-state index contributed by atoms with van der Waals surface area (Å²) in [6.07, 6.45) is 4.14. The molecule has 1 N–H and O–H groups in total. The number of aromatic nitrogens is 3. The summed E-state index contributed by atoms with van der Waals surface area (Å²) in [6.45, 7) is 3.59. The highest BCUT2D eigenvalue weighted by Gasteiger charge is 2.23. The molecule has 2 fully saturated rings. The molecule has 7 heteroatoms. The Labute approximate surface area is 140 Å². The zero-order chi connectivity index (χ0) is 15.6. The van der Waals surface area contributed by atoms with Crippen LogP contribution in [0, 0.1) is 0 Å². The average Bonchev–Trinajstić information content (AvgIpc) is 3.39. The van der Waals surface area contributed by atoms with E-state index in [0.29, 0.717) is 12.0 Å². The van der Waals surface area contributed by atoms with Gasteiger partial charge in [0, 0.05) is 42.9 Å². The summed E-state index contributed by atoms with van der Waals surface area (Å²) < 4.78 is 0. The normalized spacial score (nSPS) is 18.1. The lowest BCUT2D eigenvalue weighted by molar-refractivity contribution is 0.635. The van der Waals surface area contributed by atoms with Crippen molar-refractivity contribution in [1.82, 2.24) is 15.2 Å². The predicted octanol–water partition coefficient (Wildman–Crippen LogP) is 2.43. The van der Waals surface area contributed by atoms with Gasteiger partial charge in [0.05, 0.1) is 6.20 Å². The fourth-order valence-corrected chi connectivity index (χ4v) is 2.96. The molecule has 0 radical (unpaired) electrons. The molecule has 1 aliphatic heterocycles. The zero-order valence-electron chi connectivity index (χ0n) is 12.8. The van der Waals surface area contributed by atoms with Crippen molar-refractivity contribution in [1.29, 1.82) is 0 Å². The van der Waals surface area contributed by atoms with E-state index in [-0.39, 0.29) is 0 Å². The van der Waals surface area contributed by atoms with Crippen LogP contribution < -0.4 is 15.1 Å². The quantitative estimate of drug-likeness (QED) is 0.929. The van der Waals surface area contributed by atoms with E-state index in [1.165, 1.54) is 18.5 Å². The summed E-state index contributed by atoms with van der Waals surface area (Å²) >= 11 is 6.08. The van der Waals surface area contributed by atoms with Crippen LogP contribution in [0.15, 0.2) is 30.5 Å². The van der Waals surface area contributed by atoms with E-state index in [2.05, 4.69) is 36.4 Å². The highest BCUT2D eigenvalue weighted by Crippen LogP contribution is 2.24. The third-order valence-electron chi connectivity index (χ3n) is 4.21. The number of benzene rings is 1. The van der Waals surface area contributed by atoms with E-state index < -0.39 is 0 Å². The molecule has 0 unspecified atom stereocenters. The lowest BCUT2D eigenvalue weighted by Gasteiger charge is -2.36. The molecule has 0 bridgehead atoms. The van der Waals surface area contributed by atoms with Crippen LogP contribution in [0.25, 0.3) is 0 Å². The van der Waals surface area contributed by atoms with E-state index in [4.69, 9.17) is 11.6 Å². The number of hydrogen-bond donors (Lipinski definition) is 1. The summed E-state index contributed by atoms with van der Waals surface area (Å²) in [5.74, 6) is 1.54. The monoisotopic (exact) mass is 330 g/mol. The van der Waals surface area contributed by atoms with Crippen LogP contribution >= 0.6 is 11.6 Å². The van der Waals surface area contributed by atoms with Gasteiger partial charge in [-0.05, 0) is 31.0 Å². The second-order valence-electron chi connectivity index (χ2n) is 6.01. The van der Waals surface area contributed by atoms with Crippen molar-refractivity contribution >= 4 is 29.1 Å². The second-order valence-corrected chi connectivity index (χ2v) is 6.45. The molecule has 23 heavy (non-hydrogen) atoms. The SMILES string of the molecule is Clc1cccc(N2CCN(c3nncc(NC4CC4)n3)CC2)c1. The first kappa shape index (κ1) is 14.5. The molecule has 6 nitrogen and oxygen atoms in total. The molecule has 0 atom stereocenters. The highest BCUT2D eigenvalue weighted by molar-refractivity contribution is 6.30. The molecule has 1 saturated carbocycles. The van der Waals surface area contributed by atoms with E-state index in [9.17, 15) is 0 Å². The van der Waals surface area contributed by atoms with Crippen molar-refractivity contribution in [3.63, 3.8) is 0 Å². The Kier molecular flexibility index (Phi) is 3.91. The molecule has 1 aromatic carbocycles. The molecule has 4 rings (SSSR count). The second kappa shape index (κ2) is 6.20. The van der Waals surface area contributed by atoms with Crippen LogP contribution in [0.2, 0.25) is 5.02 Å². The molecule has 120 valence electrons. The first-order chi connectivity index (χ1) is 11.3. The summed E-state index contributed by atoms with van der Waals surface area (Å²) in [4.78, 5) is 9.11. The molecule has 0 spiro atoms. The van der Waals surface area contributed by atoms with Crippen LogP contribution in [-0.2, 0) is 0 Å². The smallest absolute Gasteiger partial charge is 0.247 e. The van der Waals surface area contributed by atoms with Gasteiger partial charge >= 0.3 is 0 Å². The van der Waals surface area contributed by atoms with Gasteiger partial charge in [0.25, 0.3) is 0 Å². The molecule has 2 aromatic rings. The molecular formula is C16H19ClN6. The molecule has 1 saturated heterocycles. The van der Waals surface area contributed by atoms with Crippen LogP contribution in [0.5, 0.6) is 0 Å². The number of hydrogen-bond acceptors (Lipinski definition) is 6. The van der Waals surface area contributed by atoms with Crippen LogP contribution in [0.4, 0.5) is 17.5 Å². The van der Waals surface area contributed by atoms with Gasteiger partial charge in [-0.15, -0.1) is 5.10 Å². The predicted molar refractivity (Wildman–Crippen MR) is 92.3 cm³/mol. The third-order valence-corrected chi connectivity index (χ3v) is 4.45. The molecular weight excluding hydrogens is 312 g/mol. The van der Waals surface area contributed by atoms with E-state index in [1.54, 1.807) is 6.20 Å². The molecule has 2 heterocycles. The van der Waals surface area contributed by atoms with Gasteiger partial charge in [0.1, 0.15) is 0 Å². The number of nitrogens with one attached hydrogen (secondary N) is 1. The van der Waals surface area contributed by atoms with E-state index >= 15 is 0 Å². The minimum absolute atomic E-state index is 0.569. The highest BCUT2D eigenvalue weighted by atomic mass is 35.5. The van der Waals surface area contributed by atoms with Gasteiger partial charge < -0.3 is 15.1 Å². The topological polar surface area (TPSA) is 57.2 Å². The lowest BCUT2D eigenvalue weighted by Crippen LogP contribution is -2.47. The number of anilines is 3. The summed E-state index contributed by atoms with van der Waals surface area (Å²) in [5, 5.41) is 12.4. The number of piperazine rings is 1. The van der Waals surface area contributed by atoms with Crippen molar-refractivity contribution in [2.24, 2.45) is 0 Å². The van der Waals surface area contributed by atoms with Gasteiger partial charge in [0.2, 0.25) is 5.95 Å². The molecule has 2 aliphatic rings. The van der Waals surface area contributed by atoms with Crippen LogP contribution in [-0.4, -0.2) is 47.4 Å². The molecule has 1 aromatic heterocycles. The van der Waals surface area contributed by atoms with Crippen LogP contribution in [0.3, 0.4) is 0 Å². The largest absolute Gasteiger partial charge is 0.368 e. The van der Waals surface area contributed by atoms with E-state index in [1.807, 2.05) is 18.2 Å². The minimum atomic E-state index is 0.569. The maximum atomic E-state index is 6.08. The van der Waals surface area contributed by atoms with Crippen molar-refractivity contribution in [2.75, 3.05) is 41.3 Å². The Balaban J connectivity index is 1.41. The summed E-state index contributed by atoms with van der Waals surface area (Å²) in [5.41, 5.74) is 1.17. The van der Waals surface area contributed by atoms with Crippen molar-refractivity contribution < 1.29 is 0 Å². The maximum Gasteiger partial charge on any atom is 0.247 e. The van der Waals surface area contributed by atoms with Gasteiger partial charge in [-0.3, -0.25) is 0 Å². The van der Waals surface area contributed by atoms with Gasteiger partial charge in [-0.25, -0.2) is 0 Å². The van der Waals surface area contributed by atoms with Gasteiger partial charge in [-0.2, -0.15) is 10.1 Å². The van der Waals surface area contributed by atoms with Crippen LogP contribution in [0.1, 0.15) is 12.8 Å². The Hall–Kier alpha value is -2.08. The zero-order valence-corrected chi connectivity index (χ0v) is 13.6. The Morgan fingerprint density at radius 2 is 1.87 bits per heavy atom. The van der Waals surface area contributed by atoms with E-state index in [0.717, 1.165) is 37.0 Å². The Morgan fingerprint density at radius 1 is 1.09 bits per heavy atom. The minimum Gasteiger partial charge on any atom is -0.368 e. The van der Waals surface area contributed by atoms with Crippen molar-refractivity contribution in [2.45, 2.75) is 18.9 Å². The standard InChI is InChI=1S/C16H19ClN6/c17-12-2-1-3-14(10-12)22-6-8-23(9-7-22)16-20-15(11-18-21-16)19-13-4-5-13/h1-3,10-11,13H,4-9H2,(H,19,20,21). The van der Waals surface area contributed by atoms with Crippen molar-refractivity contribution in [3.8, 4) is 0 Å². The molecule has 0 amide bonds. The first-order valence-corrected chi connectivity index (χ1v) is 8.37. The fraction of sp³-hybridized carbons (Fsp3) is 0.438. The fourth-order valence-electron chi connectivity index (χ4n) is 2.77. The number of nitrogens with zero attached hydrogens (tertiary/aromatic N) is 5.